The van der Waals surface area contributed by atoms with Gasteiger partial charge in [-0.2, -0.15) is 0 Å². The molecular weight excluding hydrogens is 452 g/mol. The Balaban J connectivity index is 1.67. The van der Waals surface area contributed by atoms with Gasteiger partial charge in [0.05, 0.1) is 35.2 Å². The first-order valence-electron chi connectivity index (χ1n) is 9.53. The third kappa shape index (κ3) is 3.24. The zero-order valence-corrected chi connectivity index (χ0v) is 18.2. The number of Topliss-reactive ketones (excluding diaryl/α,β-unsaturated/α-hetero) is 1. The summed E-state index contributed by atoms with van der Waals surface area (Å²) in [5.41, 5.74) is 1.18. The van der Waals surface area contributed by atoms with Crippen molar-refractivity contribution in [3.05, 3.63) is 88.5 Å². The molecule has 4 aromatic rings. The molecule has 9 heteroatoms. The Hall–Kier alpha value is -3.62. The van der Waals surface area contributed by atoms with E-state index >= 15 is 0 Å². The van der Waals surface area contributed by atoms with Crippen molar-refractivity contribution in [3.63, 3.8) is 0 Å². The molecular formula is C23H15ClN2O5S. The maximum Gasteiger partial charge on any atom is 0.296 e. The van der Waals surface area contributed by atoms with E-state index in [4.69, 9.17) is 20.8 Å². The number of rotatable bonds is 5. The van der Waals surface area contributed by atoms with Crippen molar-refractivity contribution in [2.75, 3.05) is 12.0 Å². The molecule has 7 nitrogen and oxygen atoms in total. The zero-order valence-electron chi connectivity index (χ0n) is 16.6. The average molecular weight is 467 g/mol. The first kappa shape index (κ1) is 20.3. The van der Waals surface area contributed by atoms with Gasteiger partial charge in [0.15, 0.2) is 16.7 Å². The Bertz CT molecular complexity index is 1380. The van der Waals surface area contributed by atoms with Crippen LogP contribution < -0.4 is 9.64 Å². The fraction of sp³-hybridized carbons (Fsp3) is 0.0870. The summed E-state index contributed by atoms with van der Waals surface area (Å²) in [6, 6.07) is 14.3. The Kier molecular flexibility index (Phi) is 4.96. The minimum atomic E-state index is -0.903. The number of anilines is 1. The summed E-state index contributed by atoms with van der Waals surface area (Å²) in [5, 5.41) is 11.6. The number of hydrogen-bond donors (Lipinski definition) is 1. The van der Waals surface area contributed by atoms with Gasteiger partial charge in [-0.1, -0.05) is 35.1 Å². The third-order valence-corrected chi connectivity index (χ3v) is 6.44. The molecule has 2 aromatic carbocycles. The van der Waals surface area contributed by atoms with Gasteiger partial charge in [0.1, 0.15) is 5.75 Å². The molecule has 0 radical (unpaired) electrons. The fourth-order valence-corrected chi connectivity index (χ4v) is 4.80. The lowest BCUT2D eigenvalue weighted by Crippen LogP contribution is -2.30. The number of carbonyl (C=O) groups excluding carboxylic acids is 2. The molecule has 1 amide bonds. The maximum absolute atomic E-state index is 13.2. The van der Waals surface area contributed by atoms with Crippen LogP contribution in [-0.4, -0.2) is 28.9 Å². The number of nitrogens with zero attached hydrogens (tertiary/aromatic N) is 2. The van der Waals surface area contributed by atoms with Crippen LogP contribution in [0.25, 0.3) is 10.2 Å². The molecule has 1 N–H and O–H groups in total. The standard InChI is InChI=1S/C23H15ClN2O5S/c1-30-14-8-9-15-17(11-14)32-23(25-15)26-19(12-4-6-13(24)7-5-12)18(21(28)22(26)29)20(27)16-3-2-10-31-16/h2-11,19,28H,1H3/t19-/m1/s1. The lowest BCUT2D eigenvalue weighted by atomic mass is 9.95. The van der Waals surface area contributed by atoms with Crippen molar-refractivity contribution in [1.29, 1.82) is 0 Å². The second kappa shape index (κ2) is 7.81. The topological polar surface area (TPSA) is 92.9 Å². The number of furan rings is 1. The van der Waals surface area contributed by atoms with E-state index < -0.39 is 23.5 Å². The number of amides is 1. The molecule has 0 saturated heterocycles. The fourth-order valence-electron chi connectivity index (χ4n) is 3.66. The van der Waals surface area contributed by atoms with Crippen LogP contribution in [0.3, 0.4) is 0 Å². The van der Waals surface area contributed by atoms with Gasteiger partial charge in [0.2, 0.25) is 5.78 Å². The first-order valence-corrected chi connectivity index (χ1v) is 10.7. The van der Waals surface area contributed by atoms with E-state index in [0.717, 1.165) is 4.70 Å². The van der Waals surface area contributed by atoms with Gasteiger partial charge in [-0.25, -0.2) is 4.98 Å². The molecule has 1 aliphatic rings. The molecule has 3 heterocycles. The third-order valence-electron chi connectivity index (χ3n) is 5.17. The Morgan fingerprint density at radius 1 is 1.22 bits per heavy atom. The summed E-state index contributed by atoms with van der Waals surface area (Å²) in [7, 11) is 1.57. The van der Waals surface area contributed by atoms with Crippen LogP contribution in [0.5, 0.6) is 5.75 Å². The number of fused-ring (bicyclic) bond motifs is 1. The average Bonchev–Trinajstić information content (AvgIpc) is 3.52. The van der Waals surface area contributed by atoms with Crippen LogP contribution in [0.2, 0.25) is 5.02 Å². The van der Waals surface area contributed by atoms with E-state index in [-0.39, 0.29) is 11.3 Å². The smallest absolute Gasteiger partial charge is 0.296 e. The lowest BCUT2D eigenvalue weighted by Gasteiger charge is -2.24. The van der Waals surface area contributed by atoms with Gasteiger partial charge in [-0.3, -0.25) is 14.5 Å². The van der Waals surface area contributed by atoms with Crippen molar-refractivity contribution >= 4 is 50.0 Å². The number of benzene rings is 2. The summed E-state index contributed by atoms with van der Waals surface area (Å²) in [4.78, 5) is 32.3. The number of aliphatic hydroxyl groups excluding tert-OH is 1. The van der Waals surface area contributed by atoms with Gasteiger partial charge in [-0.05, 0) is 48.0 Å². The van der Waals surface area contributed by atoms with Crippen molar-refractivity contribution in [2.45, 2.75) is 6.04 Å². The number of methoxy groups -OCH3 is 1. The van der Waals surface area contributed by atoms with Crippen LogP contribution in [0.15, 0.2) is 76.6 Å². The molecule has 0 bridgehead atoms. The van der Waals surface area contributed by atoms with Crippen LogP contribution in [0, 0.1) is 0 Å². The molecule has 5 rings (SSSR count). The Morgan fingerprint density at radius 2 is 2.00 bits per heavy atom. The largest absolute Gasteiger partial charge is 0.503 e. The summed E-state index contributed by atoms with van der Waals surface area (Å²) >= 11 is 7.30. The highest BCUT2D eigenvalue weighted by Gasteiger charge is 2.46. The van der Waals surface area contributed by atoms with E-state index in [0.29, 0.717) is 27.0 Å². The summed E-state index contributed by atoms with van der Waals surface area (Å²) < 4.78 is 11.3. The highest BCUT2D eigenvalue weighted by Crippen LogP contribution is 2.44. The number of aliphatic hydroxyl groups is 1. The normalized spacial score (nSPS) is 16.2. The predicted molar refractivity (Wildman–Crippen MR) is 121 cm³/mol. The highest BCUT2D eigenvalue weighted by molar-refractivity contribution is 7.22. The SMILES string of the molecule is COc1ccc2nc(N3C(=O)C(O)=C(C(=O)c4ccco4)[C@H]3c3ccc(Cl)cc3)sc2c1. The summed E-state index contributed by atoms with van der Waals surface area (Å²) in [5.74, 6) is -1.25. The number of ether oxygens (including phenoxy) is 1. The molecule has 32 heavy (non-hydrogen) atoms. The maximum atomic E-state index is 13.2. The van der Waals surface area contributed by atoms with Crippen LogP contribution in [0.4, 0.5) is 5.13 Å². The molecule has 0 unspecified atom stereocenters. The van der Waals surface area contributed by atoms with E-state index in [9.17, 15) is 14.7 Å². The van der Waals surface area contributed by atoms with Crippen LogP contribution in [0.1, 0.15) is 22.2 Å². The molecule has 0 fully saturated rings. The molecule has 2 aromatic heterocycles. The summed E-state index contributed by atoms with van der Waals surface area (Å²) in [6.07, 6.45) is 1.36. The quantitative estimate of drug-likeness (QED) is 0.399. The van der Waals surface area contributed by atoms with Gasteiger partial charge in [-0.15, -0.1) is 0 Å². The zero-order chi connectivity index (χ0) is 22.4. The second-order valence-electron chi connectivity index (χ2n) is 7.03. The minimum Gasteiger partial charge on any atom is -0.503 e. The van der Waals surface area contributed by atoms with Crippen molar-refractivity contribution in [1.82, 2.24) is 4.98 Å². The number of thiazole rings is 1. The predicted octanol–water partition coefficient (Wildman–Crippen LogP) is 5.33. The van der Waals surface area contributed by atoms with E-state index in [2.05, 4.69) is 4.98 Å². The number of hydrogen-bond acceptors (Lipinski definition) is 7. The number of aromatic nitrogens is 1. The van der Waals surface area contributed by atoms with Crippen molar-refractivity contribution in [2.24, 2.45) is 0 Å². The van der Waals surface area contributed by atoms with Gasteiger partial charge in [0, 0.05) is 5.02 Å². The molecule has 0 spiro atoms. The molecule has 1 aliphatic heterocycles. The number of ketones is 1. The summed E-state index contributed by atoms with van der Waals surface area (Å²) in [6.45, 7) is 0. The Labute approximate surface area is 191 Å². The van der Waals surface area contributed by atoms with Gasteiger partial charge >= 0.3 is 0 Å². The van der Waals surface area contributed by atoms with Crippen molar-refractivity contribution in [3.8, 4) is 5.75 Å². The van der Waals surface area contributed by atoms with E-state index in [1.54, 1.807) is 49.6 Å². The molecule has 1 atom stereocenters. The van der Waals surface area contributed by atoms with Crippen LogP contribution in [-0.2, 0) is 4.79 Å². The van der Waals surface area contributed by atoms with E-state index in [1.165, 1.54) is 28.6 Å². The first-order chi connectivity index (χ1) is 15.5. The highest BCUT2D eigenvalue weighted by atomic mass is 35.5. The molecule has 0 saturated carbocycles. The van der Waals surface area contributed by atoms with Gasteiger partial charge < -0.3 is 14.3 Å². The van der Waals surface area contributed by atoms with Crippen molar-refractivity contribution < 1.29 is 23.8 Å². The van der Waals surface area contributed by atoms with Crippen LogP contribution >= 0.6 is 22.9 Å². The van der Waals surface area contributed by atoms with E-state index in [1.807, 2.05) is 6.07 Å². The minimum absolute atomic E-state index is 0.0224. The number of halogens is 1. The molecule has 160 valence electrons. The number of carbonyl (C=O) groups is 2. The Morgan fingerprint density at radius 3 is 2.69 bits per heavy atom. The lowest BCUT2D eigenvalue weighted by molar-refractivity contribution is -0.117. The molecule has 0 aliphatic carbocycles. The van der Waals surface area contributed by atoms with Gasteiger partial charge in [0.25, 0.3) is 5.91 Å². The monoisotopic (exact) mass is 466 g/mol. The second-order valence-corrected chi connectivity index (χ2v) is 8.47.